The summed E-state index contributed by atoms with van der Waals surface area (Å²) in [5.74, 6) is -0.833. The number of thiazole rings is 1. The van der Waals surface area contributed by atoms with Crippen molar-refractivity contribution in [1.82, 2.24) is 25.0 Å². The van der Waals surface area contributed by atoms with Gasteiger partial charge in [0.05, 0.1) is 45.9 Å². The number of hydrogen-bond donors (Lipinski definition) is 3. The van der Waals surface area contributed by atoms with Crippen LogP contribution in [0.2, 0.25) is 0 Å². The fourth-order valence-electron chi connectivity index (χ4n) is 4.83. The fraction of sp³-hybridized carbons (Fsp3) is 0.531. The monoisotopic (exact) mass is 661 g/mol. The first-order chi connectivity index (χ1) is 21.5. The van der Waals surface area contributed by atoms with Crippen LogP contribution in [0.5, 0.6) is 0 Å². The second-order valence-corrected chi connectivity index (χ2v) is 14.5. The maximum atomic E-state index is 14.0. The highest BCUT2D eigenvalue weighted by atomic mass is 32.2. The average molecular weight is 662 g/mol. The van der Waals surface area contributed by atoms with Gasteiger partial charge in [-0.15, -0.1) is 11.3 Å². The summed E-state index contributed by atoms with van der Waals surface area (Å²) < 4.78 is 35.1. The second kappa shape index (κ2) is 17.7. The smallest absolute Gasteiger partial charge is 0.252 e. The molecule has 0 spiro atoms. The van der Waals surface area contributed by atoms with Crippen LogP contribution < -0.4 is 10.7 Å². The van der Waals surface area contributed by atoms with Crippen molar-refractivity contribution in [3.63, 3.8) is 0 Å². The normalized spacial score (nSPS) is 14.0. The van der Waals surface area contributed by atoms with E-state index in [0.29, 0.717) is 18.7 Å². The van der Waals surface area contributed by atoms with E-state index in [1.165, 1.54) is 26.7 Å². The summed E-state index contributed by atoms with van der Waals surface area (Å²) in [6.45, 7) is 8.38. The molecule has 13 heteroatoms. The minimum absolute atomic E-state index is 0.0331. The molecule has 1 aromatic heterocycles. The zero-order chi connectivity index (χ0) is 33.0. The number of hydrogen-bond acceptors (Lipinski definition) is 9. The molecule has 0 unspecified atom stereocenters. The van der Waals surface area contributed by atoms with Gasteiger partial charge in [-0.25, -0.2) is 18.4 Å². The van der Waals surface area contributed by atoms with Crippen LogP contribution in [0.15, 0.2) is 58.9 Å². The molecular formula is C32H47N5O6S2. The average Bonchev–Trinajstić information content (AvgIpc) is 3.49. The molecule has 45 heavy (non-hydrogen) atoms. The lowest BCUT2D eigenvalue weighted by Crippen LogP contribution is -2.60. The van der Waals surface area contributed by atoms with Gasteiger partial charge in [-0.05, 0) is 42.0 Å². The number of nitrogens with zero attached hydrogens (tertiary/aromatic N) is 3. The van der Waals surface area contributed by atoms with Gasteiger partial charge in [-0.2, -0.15) is 4.31 Å². The van der Waals surface area contributed by atoms with E-state index in [9.17, 15) is 23.1 Å². The van der Waals surface area contributed by atoms with Crippen LogP contribution in [0, 0.1) is 11.8 Å². The molecule has 11 nitrogen and oxygen atoms in total. The number of methoxy groups -OCH3 is 1. The van der Waals surface area contributed by atoms with Crippen LogP contribution in [0.1, 0.15) is 46.1 Å². The molecule has 2 amide bonds. The molecule has 0 radical (unpaired) electrons. The van der Waals surface area contributed by atoms with E-state index in [4.69, 9.17) is 4.74 Å². The first kappa shape index (κ1) is 36.5. The van der Waals surface area contributed by atoms with Gasteiger partial charge in [0.1, 0.15) is 0 Å². The minimum atomic E-state index is -4.04. The van der Waals surface area contributed by atoms with Gasteiger partial charge in [0, 0.05) is 33.2 Å². The van der Waals surface area contributed by atoms with Crippen molar-refractivity contribution < 1.29 is 27.9 Å². The predicted molar refractivity (Wildman–Crippen MR) is 177 cm³/mol. The molecule has 0 saturated heterocycles. The Morgan fingerprint density at radius 2 is 1.82 bits per heavy atom. The fourth-order valence-corrected chi connectivity index (χ4v) is 7.27. The summed E-state index contributed by atoms with van der Waals surface area (Å²) >= 11 is 1.35. The Morgan fingerprint density at radius 3 is 2.49 bits per heavy atom. The molecule has 0 aliphatic rings. The third-order valence-electron chi connectivity index (χ3n) is 7.47. The lowest BCUT2D eigenvalue weighted by Gasteiger charge is -2.37. The number of nitrogens with one attached hydrogen (secondary N) is 2. The molecule has 3 atom stereocenters. The minimum Gasteiger partial charge on any atom is -0.390 e. The number of aromatic nitrogens is 1. The van der Waals surface area contributed by atoms with E-state index in [0.717, 1.165) is 16.7 Å². The van der Waals surface area contributed by atoms with E-state index >= 15 is 0 Å². The maximum absolute atomic E-state index is 14.0. The van der Waals surface area contributed by atoms with Crippen molar-refractivity contribution in [2.75, 3.05) is 39.9 Å². The summed E-state index contributed by atoms with van der Waals surface area (Å²) in [6, 6.07) is 13.2. The van der Waals surface area contributed by atoms with Crippen molar-refractivity contribution in [2.24, 2.45) is 11.8 Å². The van der Waals surface area contributed by atoms with Crippen LogP contribution in [-0.2, 0) is 30.8 Å². The van der Waals surface area contributed by atoms with Gasteiger partial charge in [0.15, 0.2) is 0 Å². The zero-order valence-electron chi connectivity index (χ0n) is 26.8. The van der Waals surface area contributed by atoms with Crippen molar-refractivity contribution in [1.29, 1.82) is 0 Å². The summed E-state index contributed by atoms with van der Waals surface area (Å²) in [7, 11) is -2.47. The van der Waals surface area contributed by atoms with Crippen molar-refractivity contribution in [3.05, 3.63) is 59.6 Å². The number of amides is 2. The Labute approximate surface area is 271 Å². The van der Waals surface area contributed by atoms with E-state index in [-0.39, 0.29) is 55.1 Å². The highest BCUT2D eigenvalue weighted by molar-refractivity contribution is 7.89. The summed E-state index contributed by atoms with van der Waals surface area (Å²) in [5, 5.41) is 16.1. The van der Waals surface area contributed by atoms with Gasteiger partial charge in [0.25, 0.3) is 5.91 Å². The van der Waals surface area contributed by atoms with Gasteiger partial charge in [-0.1, -0.05) is 64.4 Å². The van der Waals surface area contributed by atoms with E-state index in [1.54, 1.807) is 24.8 Å². The quantitative estimate of drug-likeness (QED) is 0.139. The van der Waals surface area contributed by atoms with Crippen LogP contribution in [-0.4, -0.2) is 91.7 Å². The standard InChI is InChI=1S/C32H47N5O6S2/c1-6-24(4)16-32(40)37(35-31(39)19-33-14-15-43-5)28(17-25-10-8-7-9-11-25)29(38)21-36(20-23(2)3)45(41,42)26-12-13-27-30(18-26)44-22-34-27/h7-13,18,22-24,28-29,33,38H,6,14-17,19-21H2,1-5H3,(H,35,39)/t24-,28-,29+/m0/s1. The SMILES string of the molecule is CC[C@H](C)CC(=O)N(NC(=O)CNCCOC)[C@@H](Cc1ccccc1)[C@H](O)CN(CC(C)C)S(=O)(=O)c1ccc2ncsc2c1. The van der Waals surface area contributed by atoms with Crippen molar-refractivity contribution in [3.8, 4) is 0 Å². The topological polar surface area (TPSA) is 141 Å². The first-order valence-electron chi connectivity index (χ1n) is 15.3. The molecule has 3 rings (SSSR count). The molecule has 3 aromatic rings. The number of carbonyl (C=O) groups is 2. The Hall–Kier alpha value is -2.94. The zero-order valence-corrected chi connectivity index (χ0v) is 28.4. The van der Waals surface area contributed by atoms with Gasteiger partial charge in [-0.3, -0.25) is 15.0 Å². The van der Waals surface area contributed by atoms with Gasteiger partial charge < -0.3 is 15.2 Å². The molecule has 1 heterocycles. The van der Waals surface area contributed by atoms with Gasteiger partial charge >= 0.3 is 0 Å². The number of aliphatic hydroxyl groups excluding tert-OH is 1. The number of rotatable bonds is 18. The summed E-state index contributed by atoms with van der Waals surface area (Å²) in [6.07, 6.45) is -0.251. The summed E-state index contributed by atoms with van der Waals surface area (Å²) in [4.78, 5) is 31.2. The van der Waals surface area contributed by atoms with Crippen molar-refractivity contribution >= 4 is 43.4 Å². The third kappa shape index (κ3) is 10.8. The molecule has 2 aromatic carbocycles. The highest BCUT2D eigenvalue weighted by Gasteiger charge is 2.36. The van der Waals surface area contributed by atoms with E-state index in [1.807, 2.05) is 58.0 Å². The molecule has 3 N–H and O–H groups in total. The maximum Gasteiger partial charge on any atom is 0.252 e. The third-order valence-corrected chi connectivity index (χ3v) is 10.1. The molecule has 0 bridgehead atoms. The number of ether oxygens (including phenoxy) is 1. The predicted octanol–water partition coefficient (Wildman–Crippen LogP) is 3.45. The highest BCUT2D eigenvalue weighted by Crippen LogP contribution is 2.26. The Balaban J connectivity index is 1.98. The molecule has 0 saturated carbocycles. The van der Waals surface area contributed by atoms with Crippen LogP contribution in [0.25, 0.3) is 10.2 Å². The molecule has 0 fully saturated rings. The molecule has 0 aliphatic heterocycles. The molecule has 248 valence electrons. The number of sulfonamides is 1. The number of hydrazine groups is 1. The summed E-state index contributed by atoms with van der Waals surface area (Å²) in [5.41, 5.74) is 5.93. The lowest BCUT2D eigenvalue weighted by molar-refractivity contribution is -0.148. The Morgan fingerprint density at radius 1 is 1.09 bits per heavy atom. The Bertz CT molecular complexity index is 1470. The molecule has 0 aliphatic carbocycles. The number of aliphatic hydroxyl groups is 1. The number of benzene rings is 2. The number of fused-ring (bicyclic) bond motifs is 1. The second-order valence-electron chi connectivity index (χ2n) is 11.7. The van der Waals surface area contributed by atoms with Crippen LogP contribution in [0.4, 0.5) is 0 Å². The van der Waals surface area contributed by atoms with Crippen molar-refractivity contribution in [2.45, 2.75) is 64.0 Å². The van der Waals surface area contributed by atoms with Crippen LogP contribution in [0.3, 0.4) is 0 Å². The Kier molecular flexibility index (Phi) is 14.3. The molecular weight excluding hydrogens is 615 g/mol. The van der Waals surface area contributed by atoms with E-state index in [2.05, 4.69) is 15.7 Å². The van der Waals surface area contributed by atoms with E-state index < -0.39 is 28.1 Å². The lowest BCUT2D eigenvalue weighted by atomic mass is 9.98. The largest absolute Gasteiger partial charge is 0.390 e. The first-order valence-corrected chi connectivity index (χ1v) is 17.6. The van der Waals surface area contributed by atoms with Gasteiger partial charge in [0.2, 0.25) is 15.9 Å². The van der Waals surface area contributed by atoms with Crippen LogP contribution >= 0.6 is 11.3 Å². The number of carbonyl (C=O) groups excluding carboxylic acids is 2.